The van der Waals surface area contributed by atoms with Crippen LogP contribution in [0.4, 0.5) is 0 Å². The Morgan fingerprint density at radius 2 is 1.43 bits per heavy atom. The molecule has 0 saturated carbocycles. The van der Waals surface area contributed by atoms with E-state index in [1.807, 2.05) is 0 Å². The Hall–Kier alpha value is -1.89. The van der Waals surface area contributed by atoms with Gasteiger partial charge in [-0.2, -0.15) is 28.2 Å². The molecule has 4 rings (SSSR count). The van der Waals surface area contributed by atoms with E-state index < -0.39 is 9.57 Å². The van der Waals surface area contributed by atoms with Crippen molar-refractivity contribution in [2.75, 3.05) is 28.2 Å². The molecular weight excluding hydrogens is 482 g/mol. The van der Waals surface area contributed by atoms with Gasteiger partial charge in [0, 0.05) is 11.6 Å². The summed E-state index contributed by atoms with van der Waals surface area (Å²) in [5.74, 6) is 0.162. The Morgan fingerprint density at radius 3 is 1.94 bits per heavy atom. The minimum atomic E-state index is -0.548. The van der Waals surface area contributed by atoms with Crippen molar-refractivity contribution < 1.29 is 26.2 Å². The van der Waals surface area contributed by atoms with Gasteiger partial charge >= 0.3 is 31.3 Å². The average molecular weight is 521 g/mol. The first-order valence-corrected chi connectivity index (χ1v) is 12.5. The van der Waals surface area contributed by atoms with Crippen LogP contribution in [0.3, 0.4) is 0 Å². The standard InChI is InChI=1S/C25H26NOSi.2C2H6N.Ti/c1-14-17-10-7-8-11-18(17)22-15(2)24(26-28-27)16(3)23(22)19-12-9-13-20(21(14)19)25(4,5)6;2*1-3-2;/h7-13,15,26H,1H2,2-6H3;2*1-2H3;/q;2*-1;+2. The van der Waals surface area contributed by atoms with E-state index >= 15 is 0 Å². The van der Waals surface area contributed by atoms with E-state index in [1.54, 1.807) is 28.2 Å². The van der Waals surface area contributed by atoms with E-state index in [1.165, 1.54) is 44.5 Å². The molecule has 1 atom stereocenters. The first kappa shape index (κ1) is 31.1. The molecule has 0 spiro atoms. The van der Waals surface area contributed by atoms with Gasteiger partial charge in [-0.15, -0.1) is 0 Å². The van der Waals surface area contributed by atoms with Crippen molar-refractivity contribution in [3.8, 4) is 0 Å². The number of fused-ring (bicyclic) bond motifs is 4. The Kier molecular flexibility index (Phi) is 11.9. The summed E-state index contributed by atoms with van der Waals surface area (Å²) in [6.45, 7) is 15.7. The first-order valence-electron chi connectivity index (χ1n) is 11.6. The van der Waals surface area contributed by atoms with E-state index in [-0.39, 0.29) is 33.1 Å². The Balaban J connectivity index is 0.000000797. The second-order valence-corrected chi connectivity index (χ2v) is 10.1. The largest absolute Gasteiger partial charge is 2.00 e. The minimum Gasteiger partial charge on any atom is -0.668 e. The molecule has 6 heteroatoms. The van der Waals surface area contributed by atoms with Crippen LogP contribution in [0.1, 0.15) is 62.4 Å². The number of allylic oxidation sites excluding steroid dienone is 3. The molecule has 2 aliphatic rings. The number of nitrogens with one attached hydrogen (secondary N) is 1. The summed E-state index contributed by atoms with van der Waals surface area (Å²) in [7, 11) is 6.45. The molecule has 1 unspecified atom stereocenters. The molecule has 35 heavy (non-hydrogen) atoms. The molecule has 0 fully saturated rings. The van der Waals surface area contributed by atoms with Gasteiger partial charge in [0.05, 0.1) is 0 Å². The Bertz CT molecular complexity index is 1130. The van der Waals surface area contributed by atoms with Crippen molar-refractivity contribution in [3.63, 3.8) is 0 Å². The monoisotopic (exact) mass is 520 g/mol. The van der Waals surface area contributed by atoms with Gasteiger partial charge in [0.1, 0.15) is 0 Å². The molecule has 2 aromatic rings. The molecule has 2 aliphatic carbocycles. The van der Waals surface area contributed by atoms with Crippen molar-refractivity contribution in [3.05, 3.63) is 98.8 Å². The third kappa shape index (κ3) is 6.28. The van der Waals surface area contributed by atoms with Crippen molar-refractivity contribution in [2.45, 2.75) is 40.0 Å². The molecule has 1 radical (unpaired) electrons. The number of rotatable bonds is 2. The van der Waals surface area contributed by atoms with Crippen LogP contribution >= 0.6 is 0 Å². The van der Waals surface area contributed by atoms with Crippen molar-refractivity contribution in [2.24, 2.45) is 5.92 Å². The summed E-state index contributed by atoms with van der Waals surface area (Å²) >= 11 is 0. The second kappa shape index (κ2) is 13.4. The molecule has 4 nitrogen and oxygen atoms in total. The van der Waals surface area contributed by atoms with Gasteiger partial charge in [0.2, 0.25) is 0 Å². The van der Waals surface area contributed by atoms with Crippen molar-refractivity contribution in [1.82, 2.24) is 4.98 Å². The predicted octanol–water partition coefficient (Wildman–Crippen LogP) is 6.98. The van der Waals surface area contributed by atoms with Gasteiger partial charge in [-0.3, -0.25) is 0 Å². The Labute approximate surface area is 229 Å². The molecule has 0 saturated heterocycles. The summed E-state index contributed by atoms with van der Waals surface area (Å²) in [6, 6.07) is 15.2. The molecular formula is C29H38N3OSiTi. The molecule has 1 N–H and O–H groups in total. The molecule has 0 amide bonds. The molecule has 183 valence electrons. The van der Waals surface area contributed by atoms with Crippen LogP contribution in [0.5, 0.6) is 0 Å². The third-order valence-corrected chi connectivity index (χ3v) is 6.46. The van der Waals surface area contributed by atoms with E-state index in [2.05, 4.69) is 99.3 Å². The fourth-order valence-corrected chi connectivity index (χ4v) is 5.33. The quantitative estimate of drug-likeness (QED) is 0.434. The maximum absolute atomic E-state index is 11.4. The summed E-state index contributed by atoms with van der Waals surface area (Å²) in [4.78, 5) is 3.13. The zero-order valence-electron chi connectivity index (χ0n) is 22.6. The molecule has 0 aromatic heterocycles. The Morgan fingerprint density at radius 1 is 0.914 bits per heavy atom. The summed E-state index contributed by atoms with van der Waals surface area (Å²) in [6.07, 6.45) is 0. The van der Waals surface area contributed by atoms with Gasteiger partial charge in [-0.1, -0.05) is 76.7 Å². The van der Waals surface area contributed by atoms with Crippen LogP contribution in [0.25, 0.3) is 27.4 Å². The molecule has 0 aliphatic heterocycles. The van der Waals surface area contributed by atoms with Crippen LogP contribution in [0.15, 0.2) is 60.3 Å². The van der Waals surface area contributed by atoms with E-state index in [0.29, 0.717) is 0 Å². The fraction of sp³-hybridized carbons (Fsp3) is 0.379. The molecule has 0 bridgehead atoms. The minimum absolute atomic E-state index is 0. The predicted molar refractivity (Wildman–Crippen MR) is 148 cm³/mol. The maximum Gasteiger partial charge on any atom is 2.00 e. The van der Waals surface area contributed by atoms with E-state index in [4.69, 9.17) is 0 Å². The molecule has 2 aromatic carbocycles. The van der Waals surface area contributed by atoms with Crippen LogP contribution in [-0.2, 0) is 31.6 Å². The zero-order valence-corrected chi connectivity index (χ0v) is 25.2. The van der Waals surface area contributed by atoms with Gasteiger partial charge in [-0.05, 0) is 62.4 Å². The van der Waals surface area contributed by atoms with Crippen LogP contribution in [0.2, 0.25) is 0 Å². The van der Waals surface area contributed by atoms with Crippen molar-refractivity contribution in [1.29, 1.82) is 0 Å². The fourth-order valence-electron chi connectivity index (χ4n) is 4.82. The van der Waals surface area contributed by atoms with Gasteiger partial charge in [0.15, 0.2) is 0 Å². The zero-order chi connectivity index (χ0) is 25.6. The summed E-state index contributed by atoms with van der Waals surface area (Å²) in [5, 5.41) is 7.00. The van der Waals surface area contributed by atoms with Crippen LogP contribution in [0, 0.1) is 5.92 Å². The summed E-state index contributed by atoms with van der Waals surface area (Å²) in [5.41, 5.74) is 12.1. The maximum atomic E-state index is 11.4. The van der Waals surface area contributed by atoms with E-state index in [9.17, 15) is 4.46 Å². The molecule has 0 heterocycles. The van der Waals surface area contributed by atoms with Gasteiger partial charge in [0.25, 0.3) is 0 Å². The van der Waals surface area contributed by atoms with Crippen LogP contribution < -0.4 is 4.98 Å². The number of hydrogen-bond acceptors (Lipinski definition) is 1. The first-order chi connectivity index (χ1) is 16.1. The van der Waals surface area contributed by atoms with Crippen LogP contribution in [-0.4, -0.2) is 37.8 Å². The topological polar surface area (TPSA) is 57.3 Å². The summed E-state index contributed by atoms with van der Waals surface area (Å²) < 4.78 is 11.4. The van der Waals surface area contributed by atoms with Gasteiger partial charge < -0.3 is 20.1 Å². The van der Waals surface area contributed by atoms with Gasteiger partial charge in [-0.25, -0.2) is 0 Å². The van der Waals surface area contributed by atoms with E-state index in [0.717, 1.165) is 11.3 Å². The average Bonchev–Trinajstić information content (AvgIpc) is 2.96. The normalized spacial score (nSPS) is 15.8. The number of hydrogen-bond donors (Lipinski definition) is 1. The number of benzene rings is 2. The number of nitrogens with zero attached hydrogens (tertiary/aromatic N) is 2. The SMILES string of the molecule is C=C1c2ccccc2C2=C(C(C)=C(N[Si]=O)C2C)c2cccc(C(C)(C)C)c21.C[N-]C.C[N-]C.[Ti+2]. The van der Waals surface area contributed by atoms with Crippen molar-refractivity contribution >= 4 is 26.3 Å². The smallest absolute Gasteiger partial charge is 0.668 e. The third-order valence-electron chi connectivity index (χ3n) is 6.09. The second-order valence-electron chi connectivity index (χ2n) is 9.67.